The van der Waals surface area contributed by atoms with Crippen LogP contribution in [0, 0.1) is 5.82 Å². The number of hydrogen-bond acceptors (Lipinski definition) is 8. The molecule has 4 rings (SSSR count). The standard InChI is InChI=1S/C20H14ClFN4O4S/c1-10(27)13-4-2-3-11(18(13)28)8-23-20-24-16(9-31-20)17-19(29)30-25-26(17)12-5-6-14(21)15(22)7-12/h2-7,9H,8H2,1H3,(H2-,23,24,25,27,28,29). The van der Waals surface area contributed by atoms with Gasteiger partial charge in [-0.3, -0.25) is 4.79 Å². The van der Waals surface area contributed by atoms with Gasteiger partial charge in [0, 0.05) is 23.6 Å². The number of phenolic OH excluding ortho intramolecular Hbond substituents is 1. The largest absolute Gasteiger partial charge is 0.539 e. The molecule has 0 radical (unpaired) electrons. The van der Waals surface area contributed by atoms with Crippen molar-refractivity contribution >= 4 is 33.9 Å². The Labute approximate surface area is 184 Å². The van der Waals surface area contributed by atoms with Crippen molar-refractivity contribution in [1.82, 2.24) is 10.3 Å². The SMILES string of the molecule is CC(=O)c1cccc(CNc2nc(-c3c([O-])on[n+]3-c3ccc(Cl)c(F)c3)cs2)c1O. The summed E-state index contributed by atoms with van der Waals surface area (Å²) in [6, 6.07) is 8.87. The number of hydrogen-bond donors (Lipinski definition) is 2. The summed E-state index contributed by atoms with van der Waals surface area (Å²) < 4.78 is 19.7. The zero-order valence-electron chi connectivity index (χ0n) is 15.9. The summed E-state index contributed by atoms with van der Waals surface area (Å²) in [4.78, 5) is 15.9. The van der Waals surface area contributed by atoms with Gasteiger partial charge in [0.15, 0.2) is 22.6 Å². The normalized spacial score (nSPS) is 10.9. The van der Waals surface area contributed by atoms with Crippen LogP contribution in [0.2, 0.25) is 5.02 Å². The second kappa shape index (κ2) is 8.32. The van der Waals surface area contributed by atoms with Crippen LogP contribution in [0.4, 0.5) is 9.52 Å². The van der Waals surface area contributed by atoms with E-state index in [1.54, 1.807) is 23.6 Å². The van der Waals surface area contributed by atoms with Crippen LogP contribution in [0.25, 0.3) is 17.1 Å². The molecule has 0 spiro atoms. The molecular weight excluding hydrogens is 447 g/mol. The first-order valence-corrected chi connectivity index (χ1v) is 10.2. The van der Waals surface area contributed by atoms with E-state index in [1.165, 1.54) is 30.4 Å². The summed E-state index contributed by atoms with van der Waals surface area (Å²) in [5.41, 5.74) is 1.29. The first-order chi connectivity index (χ1) is 14.8. The number of thiazole rings is 1. The van der Waals surface area contributed by atoms with Crippen LogP contribution < -0.4 is 15.1 Å². The van der Waals surface area contributed by atoms with Gasteiger partial charge in [-0.05, 0) is 23.7 Å². The fraction of sp³-hybridized carbons (Fsp3) is 0.100. The van der Waals surface area contributed by atoms with Gasteiger partial charge in [-0.25, -0.2) is 9.37 Å². The molecule has 0 bridgehead atoms. The number of Topliss-reactive ketones (excluding diaryl/α,β-unsaturated/α-hetero) is 1. The third kappa shape index (κ3) is 4.07. The van der Waals surface area contributed by atoms with Crippen molar-refractivity contribution in [3.63, 3.8) is 0 Å². The summed E-state index contributed by atoms with van der Waals surface area (Å²) in [5, 5.41) is 31.2. The Kier molecular flexibility index (Phi) is 5.57. The minimum atomic E-state index is -0.737. The molecule has 0 aliphatic carbocycles. The van der Waals surface area contributed by atoms with E-state index in [0.717, 1.165) is 10.7 Å². The van der Waals surface area contributed by atoms with E-state index in [2.05, 4.69) is 15.6 Å². The quantitative estimate of drug-likeness (QED) is 0.334. The smallest absolute Gasteiger partial charge is 0.289 e. The molecule has 11 heteroatoms. The summed E-state index contributed by atoms with van der Waals surface area (Å²) >= 11 is 6.93. The lowest BCUT2D eigenvalue weighted by atomic mass is 10.1. The molecule has 0 amide bonds. The van der Waals surface area contributed by atoms with Gasteiger partial charge in [0.1, 0.15) is 11.6 Å². The number of benzene rings is 2. The fourth-order valence-electron chi connectivity index (χ4n) is 2.91. The number of para-hydroxylation sites is 1. The van der Waals surface area contributed by atoms with E-state index in [9.17, 15) is 19.4 Å². The molecule has 2 aromatic heterocycles. The molecule has 2 aromatic carbocycles. The van der Waals surface area contributed by atoms with Gasteiger partial charge in [-0.15, -0.1) is 11.3 Å². The number of nitrogens with zero attached hydrogens (tertiary/aromatic N) is 3. The van der Waals surface area contributed by atoms with Gasteiger partial charge >= 0.3 is 0 Å². The van der Waals surface area contributed by atoms with Crippen LogP contribution in [0.5, 0.6) is 11.7 Å². The Balaban J connectivity index is 1.59. The van der Waals surface area contributed by atoms with Crippen LogP contribution >= 0.6 is 22.9 Å². The second-order valence-electron chi connectivity index (χ2n) is 6.48. The minimum Gasteiger partial charge on any atom is -0.539 e. The Morgan fingerprint density at radius 1 is 1.39 bits per heavy atom. The second-order valence-corrected chi connectivity index (χ2v) is 7.75. The number of ketones is 1. The van der Waals surface area contributed by atoms with Crippen molar-refractivity contribution in [2.45, 2.75) is 13.5 Å². The van der Waals surface area contributed by atoms with Crippen molar-refractivity contribution in [3.05, 3.63) is 63.7 Å². The third-order valence-corrected chi connectivity index (χ3v) is 5.54. The van der Waals surface area contributed by atoms with Crippen LogP contribution in [0.1, 0.15) is 22.8 Å². The molecule has 0 unspecified atom stereocenters. The van der Waals surface area contributed by atoms with Crippen LogP contribution in [-0.4, -0.2) is 21.1 Å². The maximum atomic E-state index is 13.8. The zero-order valence-corrected chi connectivity index (χ0v) is 17.5. The van der Waals surface area contributed by atoms with Gasteiger partial charge in [0.05, 0.1) is 21.9 Å². The average Bonchev–Trinajstić information content (AvgIpc) is 3.35. The van der Waals surface area contributed by atoms with E-state index in [-0.39, 0.29) is 45.7 Å². The molecule has 0 aliphatic heterocycles. The van der Waals surface area contributed by atoms with E-state index in [0.29, 0.717) is 10.7 Å². The maximum Gasteiger partial charge on any atom is 0.289 e. The molecule has 158 valence electrons. The number of aromatic hydroxyl groups is 1. The van der Waals surface area contributed by atoms with E-state index in [1.807, 2.05) is 0 Å². The molecule has 4 aromatic rings. The predicted octanol–water partition coefficient (Wildman–Crippen LogP) is 3.46. The maximum absolute atomic E-state index is 13.8. The summed E-state index contributed by atoms with van der Waals surface area (Å²) in [6.07, 6.45) is 0. The van der Waals surface area contributed by atoms with Crippen molar-refractivity contribution in [1.29, 1.82) is 0 Å². The van der Waals surface area contributed by atoms with Crippen molar-refractivity contribution < 1.29 is 28.6 Å². The molecule has 31 heavy (non-hydrogen) atoms. The highest BCUT2D eigenvalue weighted by molar-refractivity contribution is 7.14. The highest BCUT2D eigenvalue weighted by atomic mass is 35.5. The minimum absolute atomic E-state index is 0.0208. The summed E-state index contributed by atoms with van der Waals surface area (Å²) in [6.45, 7) is 1.58. The topological polar surface area (TPSA) is 115 Å². The molecule has 0 atom stereocenters. The zero-order chi connectivity index (χ0) is 22.1. The Morgan fingerprint density at radius 3 is 2.94 bits per heavy atom. The number of carbonyl (C=O) groups is 1. The van der Waals surface area contributed by atoms with Gasteiger partial charge < -0.3 is 20.1 Å². The average molecular weight is 461 g/mol. The Bertz CT molecular complexity index is 1290. The molecule has 0 aliphatic rings. The van der Waals surface area contributed by atoms with Crippen LogP contribution in [0.3, 0.4) is 0 Å². The number of halogens is 2. The molecule has 0 fully saturated rings. The van der Waals surface area contributed by atoms with Crippen molar-refractivity contribution in [2.75, 3.05) is 5.32 Å². The lowest BCUT2D eigenvalue weighted by molar-refractivity contribution is -0.660. The number of anilines is 1. The van der Waals surface area contributed by atoms with E-state index < -0.39 is 11.8 Å². The first kappa shape index (κ1) is 20.8. The first-order valence-electron chi connectivity index (χ1n) is 8.91. The Morgan fingerprint density at radius 2 is 2.19 bits per heavy atom. The fourth-order valence-corrected chi connectivity index (χ4v) is 3.72. The lowest BCUT2D eigenvalue weighted by Crippen LogP contribution is -2.35. The Hall–Kier alpha value is -3.50. The highest BCUT2D eigenvalue weighted by Gasteiger charge is 2.25. The highest BCUT2D eigenvalue weighted by Crippen LogP contribution is 2.30. The van der Waals surface area contributed by atoms with Gasteiger partial charge in [0.25, 0.3) is 5.69 Å². The predicted molar refractivity (Wildman–Crippen MR) is 109 cm³/mol. The molecule has 0 saturated carbocycles. The molecule has 2 N–H and O–H groups in total. The monoisotopic (exact) mass is 460 g/mol. The summed E-state index contributed by atoms with van der Waals surface area (Å²) in [7, 11) is 0. The van der Waals surface area contributed by atoms with E-state index >= 15 is 0 Å². The van der Waals surface area contributed by atoms with Gasteiger partial charge in [-0.2, -0.15) is 0 Å². The van der Waals surface area contributed by atoms with Crippen molar-refractivity contribution in [2.24, 2.45) is 0 Å². The van der Waals surface area contributed by atoms with Crippen molar-refractivity contribution in [3.8, 4) is 28.8 Å². The number of nitrogens with one attached hydrogen (secondary N) is 1. The molecular formula is C20H14ClFN4O4S. The molecule has 2 heterocycles. The number of phenols is 1. The van der Waals surface area contributed by atoms with E-state index in [4.69, 9.17) is 16.1 Å². The number of aromatic nitrogens is 3. The lowest BCUT2D eigenvalue weighted by Gasteiger charge is -2.08. The molecule has 8 nitrogen and oxygen atoms in total. The summed E-state index contributed by atoms with van der Waals surface area (Å²) in [5.74, 6) is -1.74. The van der Waals surface area contributed by atoms with Gasteiger partial charge in [-0.1, -0.05) is 23.7 Å². The third-order valence-electron chi connectivity index (χ3n) is 4.43. The van der Waals surface area contributed by atoms with Gasteiger partial charge in [0.2, 0.25) is 5.69 Å². The molecule has 0 saturated heterocycles. The number of carbonyl (C=O) groups excluding carboxylic acids is 1. The number of rotatable bonds is 6. The van der Waals surface area contributed by atoms with Crippen LogP contribution in [-0.2, 0) is 6.54 Å². The van der Waals surface area contributed by atoms with Crippen LogP contribution in [0.15, 0.2) is 46.3 Å².